The monoisotopic (exact) mass is 398 g/mol. The van der Waals surface area contributed by atoms with Crippen molar-refractivity contribution < 1.29 is 4.79 Å². The number of fused-ring (bicyclic) bond motifs is 1. The standard InChI is InChI=1S/C25H26N4O/c30-25(22-13-7-8-15-26-22)29-16-14-21-20(17-29)24(28-27-21)23(18-9-3-1-4-10-18)19-11-5-2-6-12-19/h1-13,15,20-21,23-24,27-28H,14,16-17H2. The number of likely N-dealkylation sites (tertiary alicyclic amines) is 1. The number of aromatic nitrogens is 1. The normalized spacial score (nSPS) is 23.4. The van der Waals surface area contributed by atoms with E-state index in [1.807, 2.05) is 17.0 Å². The van der Waals surface area contributed by atoms with Crippen molar-refractivity contribution >= 4 is 5.91 Å². The zero-order valence-electron chi connectivity index (χ0n) is 16.8. The molecule has 0 bridgehead atoms. The number of hydrazine groups is 1. The van der Waals surface area contributed by atoms with E-state index in [0.717, 1.165) is 19.5 Å². The van der Waals surface area contributed by atoms with Crippen molar-refractivity contribution in [3.05, 3.63) is 102 Å². The Morgan fingerprint density at radius 3 is 2.20 bits per heavy atom. The molecule has 5 heteroatoms. The van der Waals surface area contributed by atoms with E-state index in [1.165, 1.54) is 11.1 Å². The van der Waals surface area contributed by atoms with E-state index in [9.17, 15) is 4.79 Å². The average molecular weight is 399 g/mol. The lowest BCUT2D eigenvalue weighted by molar-refractivity contribution is 0.0643. The number of nitrogens with zero attached hydrogens (tertiary/aromatic N) is 2. The summed E-state index contributed by atoms with van der Waals surface area (Å²) < 4.78 is 0. The summed E-state index contributed by atoms with van der Waals surface area (Å²) in [6.07, 6.45) is 2.62. The summed E-state index contributed by atoms with van der Waals surface area (Å²) in [7, 11) is 0. The fraction of sp³-hybridized carbons (Fsp3) is 0.280. The zero-order chi connectivity index (χ0) is 20.3. The number of carbonyl (C=O) groups is 1. The molecule has 0 radical (unpaired) electrons. The van der Waals surface area contributed by atoms with Crippen LogP contribution in [-0.4, -0.2) is 41.0 Å². The van der Waals surface area contributed by atoms with Crippen LogP contribution in [0.15, 0.2) is 85.1 Å². The van der Waals surface area contributed by atoms with Crippen LogP contribution in [0.4, 0.5) is 0 Å². The maximum Gasteiger partial charge on any atom is 0.272 e. The molecular weight excluding hydrogens is 372 g/mol. The van der Waals surface area contributed by atoms with E-state index < -0.39 is 0 Å². The van der Waals surface area contributed by atoms with Gasteiger partial charge >= 0.3 is 0 Å². The molecule has 3 atom stereocenters. The third-order valence-electron chi connectivity index (χ3n) is 6.40. The minimum absolute atomic E-state index is 0.0238. The van der Waals surface area contributed by atoms with Crippen molar-refractivity contribution in [1.29, 1.82) is 0 Å². The summed E-state index contributed by atoms with van der Waals surface area (Å²) in [6, 6.07) is 27.4. The Labute approximate surface area is 177 Å². The molecule has 3 aromatic rings. The summed E-state index contributed by atoms with van der Waals surface area (Å²) in [5.41, 5.74) is 10.2. The van der Waals surface area contributed by atoms with E-state index in [2.05, 4.69) is 76.5 Å². The first-order valence-corrected chi connectivity index (χ1v) is 10.6. The van der Waals surface area contributed by atoms with Gasteiger partial charge in [-0.15, -0.1) is 0 Å². The van der Waals surface area contributed by atoms with Gasteiger partial charge in [-0.05, 0) is 29.7 Å². The minimum atomic E-state index is 0.0238. The second-order valence-corrected chi connectivity index (χ2v) is 8.14. The Bertz CT molecular complexity index is 940. The number of benzene rings is 2. The fourth-order valence-electron chi connectivity index (χ4n) is 4.93. The summed E-state index contributed by atoms with van der Waals surface area (Å²) in [4.78, 5) is 19.3. The predicted octanol–water partition coefficient (Wildman–Crippen LogP) is 3.22. The van der Waals surface area contributed by atoms with Gasteiger partial charge < -0.3 is 4.90 Å². The summed E-state index contributed by atoms with van der Waals surface area (Å²) in [6.45, 7) is 1.47. The molecule has 30 heavy (non-hydrogen) atoms. The van der Waals surface area contributed by atoms with Gasteiger partial charge in [0.05, 0.1) is 0 Å². The first-order chi connectivity index (χ1) is 14.8. The molecule has 1 amide bonds. The first kappa shape index (κ1) is 19.0. The molecule has 2 aliphatic heterocycles. The van der Waals surface area contributed by atoms with Crippen LogP contribution >= 0.6 is 0 Å². The van der Waals surface area contributed by atoms with Gasteiger partial charge in [0, 0.05) is 43.2 Å². The molecular formula is C25H26N4O. The molecule has 152 valence electrons. The third-order valence-corrected chi connectivity index (χ3v) is 6.40. The highest BCUT2D eigenvalue weighted by Gasteiger charge is 2.45. The molecule has 0 spiro atoms. The first-order valence-electron chi connectivity index (χ1n) is 10.6. The van der Waals surface area contributed by atoms with Crippen LogP contribution in [0.25, 0.3) is 0 Å². The van der Waals surface area contributed by atoms with Crippen molar-refractivity contribution in [1.82, 2.24) is 20.7 Å². The van der Waals surface area contributed by atoms with Crippen LogP contribution in [0.2, 0.25) is 0 Å². The third kappa shape index (κ3) is 3.62. The van der Waals surface area contributed by atoms with E-state index in [1.54, 1.807) is 12.3 Å². The highest BCUT2D eigenvalue weighted by Crippen LogP contribution is 2.37. The second-order valence-electron chi connectivity index (χ2n) is 8.14. The van der Waals surface area contributed by atoms with Gasteiger partial charge in [-0.25, -0.2) is 0 Å². The Kier molecular flexibility index (Phi) is 5.30. The zero-order valence-corrected chi connectivity index (χ0v) is 16.8. The van der Waals surface area contributed by atoms with E-state index in [0.29, 0.717) is 17.7 Å². The van der Waals surface area contributed by atoms with Crippen molar-refractivity contribution in [3.8, 4) is 0 Å². The highest BCUT2D eigenvalue weighted by molar-refractivity contribution is 5.92. The largest absolute Gasteiger partial charge is 0.337 e. The molecule has 0 saturated carbocycles. The maximum atomic E-state index is 13.0. The lowest BCUT2D eigenvalue weighted by Gasteiger charge is -2.38. The summed E-state index contributed by atoms with van der Waals surface area (Å²) in [5.74, 6) is 0.548. The number of pyridine rings is 1. The van der Waals surface area contributed by atoms with E-state index >= 15 is 0 Å². The van der Waals surface area contributed by atoms with Crippen LogP contribution in [-0.2, 0) is 0 Å². The Hall–Kier alpha value is -3.02. The topological polar surface area (TPSA) is 57.3 Å². The number of hydrogen-bond acceptors (Lipinski definition) is 4. The van der Waals surface area contributed by atoms with Gasteiger partial charge in [0.15, 0.2) is 0 Å². The number of piperidine rings is 1. The number of carbonyl (C=O) groups excluding carboxylic acids is 1. The number of rotatable bonds is 4. The number of amides is 1. The van der Waals surface area contributed by atoms with Crippen LogP contribution < -0.4 is 10.9 Å². The molecule has 2 saturated heterocycles. The number of hydrogen-bond donors (Lipinski definition) is 2. The van der Waals surface area contributed by atoms with Gasteiger partial charge in [-0.2, -0.15) is 0 Å². The second kappa shape index (κ2) is 8.38. The van der Waals surface area contributed by atoms with Gasteiger partial charge in [0.2, 0.25) is 0 Å². The van der Waals surface area contributed by atoms with Gasteiger partial charge in [0.1, 0.15) is 5.69 Å². The molecule has 2 aliphatic rings. The molecule has 3 unspecified atom stereocenters. The Morgan fingerprint density at radius 1 is 0.900 bits per heavy atom. The van der Waals surface area contributed by atoms with Crippen LogP contribution in [0.3, 0.4) is 0 Å². The smallest absolute Gasteiger partial charge is 0.272 e. The summed E-state index contributed by atoms with van der Waals surface area (Å²) >= 11 is 0. The van der Waals surface area contributed by atoms with Crippen molar-refractivity contribution in [2.75, 3.05) is 13.1 Å². The van der Waals surface area contributed by atoms with E-state index in [4.69, 9.17) is 0 Å². The molecule has 0 aliphatic carbocycles. The minimum Gasteiger partial charge on any atom is -0.337 e. The lowest BCUT2D eigenvalue weighted by Crippen LogP contribution is -2.49. The maximum absolute atomic E-state index is 13.0. The lowest BCUT2D eigenvalue weighted by atomic mass is 9.76. The van der Waals surface area contributed by atoms with Crippen LogP contribution in [0.1, 0.15) is 34.0 Å². The van der Waals surface area contributed by atoms with E-state index in [-0.39, 0.29) is 17.9 Å². The van der Waals surface area contributed by atoms with Crippen molar-refractivity contribution in [2.45, 2.75) is 24.4 Å². The molecule has 2 fully saturated rings. The molecule has 5 nitrogen and oxygen atoms in total. The van der Waals surface area contributed by atoms with Gasteiger partial charge in [-0.3, -0.25) is 20.6 Å². The Morgan fingerprint density at radius 2 is 1.57 bits per heavy atom. The molecule has 5 rings (SSSR count). The Balaban J connectivity index is 1.44. The molecule has 2 aromatic carbocycles. The SMILES string of the molecule is O=C(c1ccccn1)N1CCC2NNC(C(c3ccccc3)c3ccccc3)C2C1. The average Bonchev–Trinajstić information content (AvgIpc) is 3.24. The molecule has 2 N–H and O–H groups in total. The quantitative estimate of drug-likeness (QED) is 0.709. The van der Waals surface area contributed by atoms with Gasteiger partial charge in [-0.1, -0.05) is 66.7 Å². The predicted molar refractivity (Wildman–Crippen MR) is 117 cm³/mol. The highest BCUT2D eigenvalue weighted by atomic mass is 16.2. The van der Waals surface area contributed by atoms with Crippen molar-refractivity contribution in [3.63, 3.8) is 0 Å². The summed E-state index contributed by atoms with van der Waals surface area (Å²) in [5, 5.41) is 0. The number of nitrogens with one attached hydrogen (secondary N) is 2. The van der Waals surface area contributed by atoms with Crippen LogP contribution in [0.5, 0.6) is 0 Å². The van der Waals surface area contributed by atoms with Crippen LogP contribution in [0, 0.1) is 5.92 Å². The fourth-order valence-corrected chi connectivity index (χ4v) is 4.93. The van der Waals surface area contributed by atoms with Crippen molar-refractivity contribution in [2.24, 2.45) is 5.92 Å². The molecule has 3 heterocycles. The molecule has 1 aromatic heterocycles. The van der Waals surface area contributed by atoms with Gasteiger partial charge in [0.25, 0.3) is 5.91 Å².